The number of nitrogens with zero attached hydrogens (tertiary/aromatic N) is 3. The van der Waals surface area contributed by atoms with Gasteiger partial charge in [0, 0.05) is 18.8 Å². The molecule has 0 bridgehead atoms. The van der Waals surface area contributed by atoms with E-state index in [9.17, 15) is 14.7 Å². The van der Waals surface area contributed by atoms with Crippen LogP contribution in [-0.4, -0.2) is 38.7 Å². The van der Waals surface area contributed by atoms with Gasteiger partial charge in [-0.1, -0.05) is 6.07 Å². The third-order valence-corrected chi connectivity index (χ3v) is 4.38. The first kappa shape index (κ1) is 17.0. The number of phenolic OH excluding ortho intramolecular Hbond substituents is 1. The minimum Gasteiger partial charge on any atom is -0.507 e. The van der Waals surface area contributed by atoms with Crippen molar-refractivity contribution in [2.75, 3.05) is 6.54 Å². The van der Waals surface area contributed by atoms with E-state index in [1.807, 2.05) is 24.6 Å². The van der Waals surface area contributed by atoms with E-state index in [4.69, 9.17) is 4.74 Å². The fourth-order valence-corrected chi connectivity index (χ4v) is 3.21. The predicted octanol–water partition coefficient (Wildman–Crippen LogP) is 3.32. The summed E-state index contributed by atoms with van der Waals surface area (Å²) in [6, 6.07) is 6.39. The molecule has 132 valence electrons. The summed E-state index contributed by atoms with van der Waals surface area (Å²) < 4.78 is 7.30. The van der Waals surface area contributed by atoms with Gasteiger partial charge in [-0.15, -0.1) is 0 Å². The van der Waals surface area contributed by atoms with Crippen LogP contribution in [0, 0.1) is 0 Å². The Morgan fingerprint density at radius 3 is 2.92 bits per heavy atom. The number of hydrogen-bond donors (Lipinski definition) is 1. The van der Waals surface area contributed by atoms with E-state index in [1.165, 1.54) is 18.2 Å². The molecule has 2 aromatic rings. The Morgan fingerprint density at radius 2 is 2.20 bits per heavy atom. The molecule has 1 aromatic heterocycles. The van der Waals surface area contributed by atoms with Gasteiger partial charge in [0.1, 0.15) is 11.5 Å². The van der Waals surface area contributed by atoms with Gasteiger partial charge in [0.15, 0.2) is 6.29 Å². The highest BCUT2D eigenvalue weighted by atomic mass is 16.6. The lowest BCUT2D eigenvalue weighted by atomic mass is 10.1. The van der Waals surface area contributed by atoms with Crippen molar-refractivity contribution < 1.29 is 19.4 Å². The summed E-state index contributed by atoms with van der Waals surface area (Å²) in [6.45, 7) is 4.65. The molecule has 1 aliphatic heterocycles. The number of rotatable bonds is 4. The number of aromatic hydroxyl groups is 1. The molecule has 1 aromatic carbocycles. The van der Waals surface area contributed by atoms with Crippen molar-refractivity contribution in [1.82, 2.24) is 14.7 Å². The molecule has 0 spiro atoms. The topological polar surface area (TPSA) is 84.7 Å². The van der Waals surface area contributed by atoms with Crippen molar-refractivity contribution in [3.05, 3.63) is 41.7 Å². The fourth-order valence-electron chi connectivity index (χ4n) is 3.21. The van der Waals surface area contributed by atoms with Crippen LogP contribution in [0.25, 0.3) is 0 Å². The van der Waals surface area contributed by atoms with Crippen LogP contribution in [-0.2, 0) is 0 Å². The Morgan fingerprint density at radius 1 is 1.40 bits per heavy atom. The van der Waals surface area contributed by atoms with Crippen molar-refractivity contribution in [3.8, 4) is 11.5 Å². The Hall–Kier alpha value is -2.83. The van der Waals surface area contributed by atoms with Crippen LogP contribution in [0.1, 0.15) is 54.8 Å². The van der Waals surface area contributed by atoms with Crippen LogP contribution in [0.4, 0.5) is 4.79 Å². The maximum absolute atomic E-state index is 12.7. The minimum absolute atomic E-state index is 0.0289. The van der Waals surface area contributed by atoms with E-state index in [-0.39, 0.29) is 29.1 Å². The number of amides is 1. The number of ether oxygens (including phenoxy) is 1. The van der Waals surface area contributed by atoms with Crippen LogP contribution in [0.2, 0.25) is 0 Å². The number of carbonyl (C=O) groups excluding carboxylic acids is 2. The quantitative estimate of drug-likeness (QED) is 0.861. The molecule has 7 nitrogen and oxygen atoms in total. The molecule has 1 aliphatic rings. The molecule has 3 rings (SSSR count). The monoisotopic (exact) mass is 343 g/mol. The van der Waals surface area contributed by atoms with Crippen LogP contribution >= 0.6 is 0 Å². The first-order valence-corrected chi connectivity index (χ1v) is 8.32. The molecule has 0 radical (unpaired) electrons. The van der Waals surface area contributed by atoms with Gasteiger partial charge in [0.05, 0.1) is 17.3 Å². The number of likely N-dealkylation sites (tertiary alicyclic amines) is 1. The molecule has 0 aliphatic carbocycles. The van der Waals surface area contributed by atoms with Gasteiger partial charge in [-0.25, -0.2) is 4.79 Å². The van der Waals surface area contributed by atoms with Crippen LogP contribution in [0.15, 0.2) is 30.5 Å². The zero-order valence-corrected chi connectivity index (χ0v) is 14.3. The van der Waals surface area contributed by atoms with E-state index in [2.05, 4.69) is 5.10 Å². The molecule has 1 fully saturated rings. The maximum atomic E-state index is 12.7. The first-order chi connectivity index (χ1) is 12.0. The van der Waals surface area contributed by atoms with Gasteiger partial charge >= 0.3 is 6.09 Å². The van der Waals surface area contributed by atoms with Crippen LogP contribution in [0.5, 0.6) is 11.5 Å². The Kier molecular flexibility index (Phi) is 4.74. The number of carbonyl (C=O) groups is 2. The zero-order chi connectivity index (χ0) is 18.0. The van der Waals surface area contributed by atoms with E-state index in [1.54, 1.807) is 11.1 Å². The highest BCUT2D eigenvalue weighted by molar-refractivity contribution is 5.85. The fraction of sp³-hybridized carbons (Fsp3) is 0.389. The zero-order valence-electron chi connectivity index (χ0n) is 14.3. The standard InChI is InChI=1S/C18H21N3O4/c1-12(2)21-15(8-9-19-21)14-5-4-10-20(14)18(24)25-17-7-3-6-16(23)13(17)11-22/h3,6-9,11-12,14,23H,4-5,10H2,1-2H3. The van der Waals surface area contributed by atoms with Crippen molar-refractivity contribution in [2.24, 2.45) is 0 Å². The smallest absolute Gasteiger partial charge is 0.415 e. The van der Waals surface area contributed by atoms with Crippen molar-refractivity contribution >= 4 is 12.4 Å². The second-order valence-corrected chi connectivity index (χ2v) is 6.32. The Bertz CT molecular complexity index is 784. The van der Waals surface area contributed by atoms with Gasteiger partial charge < -0.3 is 9.84 Å². The second-order valence-electron chi connectivity index (χ2n) is 6.32. The Balaban J connectivity index is 1.83. The Labute approximate surface area is 145 Å². The first-order valence-electron chi connectivity index (χ1n) is 8.32. The number of phenols is 1. The number of benzene rings is 1. The van der Waals surface area contributed by atoms with Gasteiger partial charge in [0.2, 0.25) is 0 Å². The number of aldehydes is 1. The summed E-state index contributed by atoms with van der Waals surface area (Å²) in [7, 11) is 0. The summed E-state index contributed by atoms with van der Waals surface area (Å²) in [5.41, 5.74) is 0.940. The highest BCUT2D eigenvalue weighted by Gasteiger charge is 2.34. The van der Waals surface area contributed by atoms with Crippen molar-refractivity contribution in [3.63, 3.8) is 0 Å². The second kappa shape index (κ2) is 6.96. The lowest BCUT2D eigenvalue weighted by Crippen LogP contribution is -2.34. The number of aromatic nitrogens is 2. The van der Waals surface area contributed by atoms with Crippen LogP contribution < -0.4 is 4.74 Å². The van der Waals surface area contributed by atoms with Gasteiger partial charge in [-0.05, 0) is 44.9 Å². The molecule has 1 atom stereocenters. The average molecular weight is 343 g/mol. The lowest BCUT2D eigenvalue weighted by Gasteiger charge is -2.25. The molecule has 0 saturated carbocycles. The van der Waals surface area contributed by atoms with E-state index in [0.717, 1.165) is 18.5 Å². The molecule has 1 unspecified atom stereocenters. The largest absolute Gasteiger partial charge is 0.507 e. The molecular formula is C18H21N3O4. The van der Waals surface area contributed by atoms with E-state index >= 15 is 0 Å². The maximum Gasteiger partial charge on any atom is 0.415 e. The molecule has 25 heavy (non-hydrogen) atoms. The summed E-state index contributed by atoms with van der Waals surface area (Å²) >= 11 is 0. The normalized spacial score (nSPS) is 17.1. The van der Waals surface area contributed by atoms with Gasteiger partial charge in [-0.2, -0.15) is 5.10 Å². The molecular weight excluding hydrogens is 322 g/mol. The molecule has 1 amide bonds. The summed E-state index contributed by atoms with van der Waals surface area (Å²) in [5, 5.41) is 14.1. The predicted molar refractivity (Wildman–Crippen MR) is 90.8 cm³/mol. The lowest BCUT2D eigenvalue weighted by molar-refractivity contribution is 0.111. The minimum atomic E-state index is -0.535. The summed E-state index contributed by atoms with van der Waals surface area (Å²) in [6.07, 6.45) is 3.37. The third kappa shape index (κ3) is 3.22. The third-order valence-electron chi connectivity index (χ3n) is 4.38. The van der Waals surface area contributed by atoms with Gasteiger partial charge in [0.25, 0.3) is 0 Å². The SMILES string of the molecule is CC(C)n1nccc1C1CCCN1C(=O)Oc1cccc(O)c1C=O. The molecule has 2 heterocycles. The molecule has 1 N–H and O–H groups in total. The highest BCUT2D eigenvalue weighted by Crippen LogP contribution is 2.34. The summed E-state index contributed by atoms with van der Waals surface area (Å²) in [4.78, 5) is 25.4. The van der Waals surface area contributed by atoms with E-state index in [0.29, 0.717) is 12.8 Å². The summed E-state index contributed by atoms with van der Waals surface area (Å²) in [5.74, 6) is -0.154. The van der Waals surface area contributed by atoms with Crippen molar-refractivity contribution in [2.45, 2.75) is 38.8 Å². The van der Waals surface area contributed by atoms with E-state index < -0.39 is 6.09 Å². The average Bonchev–Trinajstić information content (AvgIpc) is 3.23. The number of hydrogen-bond acceptors (Lipinski definition) is 5. The van der Waals surface area contributed by atoms with Crippen molar-refractivity contribution in [1.29, 1.82) is 0 Å². The molecule has 1 saturated heterocycles. The van der Waals surface area contributed by atoms with Gasteiger partial charge in [-0.3, -0.25) is 14.4 Å². The molecule has 7 heteroatoms. The van der Waals surface area contributed by atoms with Crippen LogP contribution in [0.3, 0.4) is 0 Å².